The molecule has 168 valence electrons. The lowest BCUT2D eigenvalue weighted by Crippen LogP contribution is -2.40. The molecule has 0 aromatic heterocycles. The molecule has 0 bridgehead atoms. The fraction of sp³-hybridized carbons (Fsp3) is 0.480. The molecular weight excluding hydrogens is 426 g/mol. The van der Waals surface area contributed by atoms with E-state index in [1.54, 1.807) is 11.8 Å². The molecule has 1 fully saturated rings. The van der Waals surface area contributed by atoms with Gasteiger partial charge in [0.2, 0.25) is 0 Å². The predicted molar refractivity (Wildman–Crippen MR) is 133 cm³/mol. The number of nitrogens with zero attached hydrogens (tertiary/aromatic N) is 2. The maximum absolute atomic E-state index is 12.8. The second-order valence-electron chi connectivity index (χ2n) is 8.70. The van der Waals surface area contributed by atoms with E-state index in [0.29, 0.717) is 12.0 Å². The number of likely N-dealkylation sites (tertiary alicyclic amines) is 1. The molecular formula is C25H34ClN3OS. The third kappa shape index (κ3) is 5.39. The summed E-state index contributed by atoms with van der Waals surface area (Å²) in [5.74, 6) is 0.514. The number of fused-ring (bicyclic) bond motifs is 2. The van der Waals surface area contributed by atoms with Crippen molar-refractivity contribution < 1.29 is 4.79 Å². The molecule has 0 unspecified atom stereocenters. The van der Waals surface area contributed by atoms with Crippen molar-refractivity contribution in [2.24, 2.45) is 5.92 Å². The molecule has 2 heterocycles. The van der Waals surface area contributed by atoms with Crippen molar-refractivity contribution in [2.45, 2.75) is 55.9 Å². The maximum atomic E-state index is 12.8. The third-order valence-electron chi connectivity index (χ3n) is 6.30. The summed E-state index contributed by atoms with van der Waals surface area (Å²) < 4.78 is 0. The van der Waals surface area contributed by atoms with Gasteiger partial charge in [-0.25, -0.2) is 0 Å². The molecule has 1 N–H and O–H groups in total. The quantitative estimate of drug-likeness (QED) is 0.553. The van der Waals surface area contributed by atoms with Gasteiger partial charge in [-0.1, -0.05) is 44.2 Å². The number of anilines is 2. The van der Waals surface area contributed by atoms with E-state index in [9.17, 15) is 4.79 Å². The van der Waals surface area contributed by atoms with Crippen molar-refractivity contribution in [3.63, 3.8) is 0 Å². The van der Waals surface area contributed by atoms with Crippen LogP contribution < -0.4 is 10.2 Å². The van der Waals surface area contributed by atoms with Crippen LogP contribution in [0.3, 0.4) is 0 Å². The van der Waals surface area contributed by atoms with Gasteiger partial charge >= 0.3 is 0 Å². The fourth-order valence-corrected chi connectivity index (χ4v) is 5.39. The van der Waals surface area contributed by atoms with Gasteiger partial charge in [0.05, 0.1) is 11.4 Å². The van der Waals surface area contributed by atoms with Crippen LogP contribution >= 0.6 is 24.2 Å². The number of benzene rings is 2. The summed E-state index contributed by atoms with van der Waals surface area (Å²) in [6.45, 7) is 10.8. The Bertz CT molecular complexity index is 900. The van der Waals surface area contributed by atoms with Gasteiger partial charge in [0.25, 0.3) is 5.91 Å². The molecule has 2 aromatic rings. The highest BCUT2D eigenvalue weighted by molar-refractivity contribution is 7.99. The number of hydrogen-bond donors (Lipinski definition) is 1. The van der Waals surface area contributed by atoms with Crippen LogP contribution in [0.4, 0.5) is 11.4 Å². The van der Waals surface area contributed by atoms with Crippen molar-refractivity contribution in [3.05, 3.63) is 48.0 Å². The van der Waals surface area contributed by atoms with Crippen LogP contribution in [0, 0.1) is 5.92 Å². The average molecular weight is 460 g/mol. The summed E-state index contributed by atoms with van der Waals surface area (Å²) in [5.41, 5.74) is 3.15. The Kier molecular flexibility index (Phi) is 8.31. The Morgan fingerprint density at radius 3 is 2.52 bits per heavy atom. The highest BCUT2D eigenvalue weighted by Gasteiger charge is 2.29. The van der Waals surface area contributed by atoms with E-state index < -0.39 is 0 Å². The molecule has 4 nitrogen and oxygen atoms in total. The van der Waals surface area contributed by atoms with Gasteiger partial charge in [-0.2, -0.15) is 0 Å². The van der Waals surface area contributed by atoms with Crippen LogP contribution in [0.15, 0.2) is 52.3 Å². The predicted octanol–water partition coefficient (Wildman–Crippen LogP) is 5.97. The Labute approximate surface area is 197 Å². The minimum absolute atomic E-state index is 0. The van der Waals surface area contributed by atoms with Crippen LogP contribution in [0.2, 0.25) is 0 Å². The number of halogens is 1. The van der Waals surface area contributed by atoms with Crippen molar-refractivity contribution in [3.8, 4) is 0 Å². The van der Waals surface area contributed by atoms with Gasteiger partial charge < -0.3 is 15.1 Å². The Morgan fingerprint density at radius 2 is 1.77 bits per heavy atom. The highest BCUT2D eigenvalue weighted by Crippen LogP contribution is 2.49. The topological polar surface area (TPSA) is 35.6 Å². The third-order valence-corrected chi connectivity index (χ3v) is 7.43. The van der Waals surface area contributed by atoms with Gasteiger partial charge in [-0.3, -0.25) is 4.79 Å². The molecule has 0 saturated carbocycles. The monoisotopic (exact) mass is 459 g/mol. The van der Waals surface area contributed by atoms with Crippen molar-refractivity contribution in [2.75, 3.05) is 31.1 Å². The van der Waals surface area contributed by atoms with Gasteiger partial charge in [0.1, 0.15) is 0 Å². The van der Waals surface area contributed by atoms with E-state index in [1.165, 1.54) is 41.4 Å². The summed E-state index contributed by atoms with van der Waals surface area (Å²) in [7, 11) is 0. The lowest BCUT2D eigenvalue weighted by atomic mass is 10.1. The molecule has 2 atom stereocenters. The van der Waals surface area contributed by atoms with Gasteiger partial charge in [0.15, 0.2) is 0 Å². The summed E-state index contributed by atoms with van der Waals surface area (Å²) in [6.07, 6.45) is 3.67. The van der Waals surface area contributed by atoms with E-state index in [2.05, 4.69) is 72.3 Å². The minimum Gasteiger partial charge on any atom is -0.352 e. The van der Waals surface area contributed by atoms with E-state index in [0.717, 1.165) is 30.8 Å². The molecule has 1 saturated heterocycles. The maximum Gasteiger partial charge on any atom is 0.251 e. The van der Waals surface area contributed by atoms with Crippen LogP contribution in [0.25, 0.3) is 0 Å². The van der Waals surface area contributed by atoms with Crippen LogP contribution in [-0.2, 0) is 0 Å². The zero-order chi connectivity index (χ0) is 21.1. The van der Waals surface area contributed by atoms with E-state index in [-0.39, 0.29) is 18.3 Å². The molecule has 0 aliphatic carbocycles. The summed E-state index contributed by atoms with van der Waals surface area (Å²) in [5, 5.41) is 3.11. The molecule has 2 aromatic carbocycles. The highest BCUT2D eigenvalue weighted by atomic mass is 35.5. The van der Waals surface area contributed by atoms with Gasteiger partial charge in [-0.05, 0) is 69.1 Å². The zero-order valence-electron chi connectivity index (χ0n) is 18.8. The first-order valence-corrected chi connectivity index (χ1v) is 12.1. The van der Waals surface area contributed by atoms with Crippen LogP contribution in [0.1, 0.15) is 50.4 Å². The minimum atomic E-state index is 0. The number of carbonyl (C=O) groups is 1. The number of carbonyl (C=O) groups excluding carboxylic acids is 1. The molecule has 0 radical (unpaired) electrons. The number of nitrogens with one attached hydrogen (secondary N) is 1. The number of hydrogen-bond acceptors (Lipinski definition) is 4. The lowest BCUT2D eigenvalue weighted by molar-refractivity contribution is 0.0948. The molecule has 1 amide bonds. The molecule has 2 aliphatic heterocycles. The van der Waals surface area contributed by atoms with Crippen LogP contribution in [0.5, 0.6) is 0 Å². The summed E-state index contributed by atoms with van der Waals surface area (Å²) >= 11 is 1.80. The van der Waals surface area contributed by atoms with E-state index in [4.69, 9.17) is 0 Å². The first-order valence-electron chi connectivity index (χ1n) is 11.3. The van der Waals surface area contributed by atoms with Gasteiger partial charge in [0, 0.05) is 34.5 Å². The average Bonchev–Trinajstić information content (AvgIpc) is 3.27. The fourth-order valence-electron chi connectivity index (χ4n) is 4.33. The molecule has 0 spiro atoms. The van der Waals surface area contributed by atoms with Crippen molar-refractivity contribution in [1.82, 2.24) is 10.2 Å². The largest absolute Gasteiger partial charge is 0.352 e. The molecule has 6 heteroatoms. The first-order chi connectivity index (χ1) is 14.6. The Hall–Kier alpha value is -1.69. The first kappa shape index (κ1) is 24.0. The van der Waals surface area contributed by atoms with E-state index in [1.807, 2.05) is 6.07 Å². The summed E-state index contributed by atoms with van der Waals surface area (Å²) in [4.78, 5) is 20.3. The lowest BCUT2D eigenvalue weighted by Gasteiger charge is -2.39. The van der Waals surface area contributed by atoms with Crippen molar-refractivity contribution in [1.29, 1.82) is 0 Å². The second-order valence-corrected chi connectivity index (χ2v) is 9.79. The van der Waals surface area contributed by atoms with Crippen LogP contribution in [-0.4, -0.2) is 43.0 Å². The SMILES string of the molecule is CC[C@@H](C)CNC(=O)c1ccc2c(c1)N([C@H](C)CN1CCCC1)c1ccccc1S2.Cl. The second kappa shape index (κ2) is 10.8. The molecule has 31 heavy (non-hydrogen) atoms. The zero-order valence-corrected chi connectivity index (χ0v) is 20.4. The Balaban J connectivity index is 0.00000272. The van der Waals surface area contributed by atoms with Crippen molar-refractivity contribution >= 4 is 41.5 Å². The number of para-hydroxylation sites is 1. The normalized spacial score (nSPS) is 17.3. The van der Waals surface area contributed by atoms with E-state index >= 15 is 0 Å². The smallest absolute Gasteiger partial charge is 0.251 e. The summed E-state index contributed by atoms with van der Waals surface area (Å²) in [6, 6.07) is 15.1. The molecule has 4 rings (SSSR count). The van der Waals surface area contributed by atoms with Gasteiger partial charge in [-0.15, -0.1) is 12.4 Å². The standard InChI is InChI=1S/C25H33N3OS.ClH/c1-4-18(2)16-26-25(29)20-11-12-24-22(15-20)28(19(3)17-27-13-7-8-14-27)21-9-5-6-10-23(21)30-24;/h5-6,9-12,15,18-19H,4,7-8,13-14,16-17H2,1-3H3,(H,26,29);1H/t18-,19-;/m1./s1. The number of rotatable bonds is 7. The Morgan fingerprint density at radius 1 is 1.06 bits per heavy atom. The molecule has 2 aliphatic rings. The number of amides is 1.